The number of allylic oxidation sites excluding steroid dienone is 2. The predicted octanol–water partition coefficient (Wildman–Crippen LogP) is 3.93. The fourth-order valence-electron chi connectivity index (χ4n) is 1.21. The highest BCUT2D eigenvalue weighted by molar-refractivity contribution is 4.86. The average molecular weight is 188 g/mol. The molecular weight excluding hydrogens is 168 g/mol. The Kier molecular flexibility index (Phi) is 10.9. The molecule has 0 aliphatic heterocycles. The van der Waals surface area contributed by atoms with Crippen molar-refractivity contribution >= 4 is 0 Å². The summed E-state index contributed by atoms with van der Waals surface area (Å²) >= 11 is 0. The fourth-order valence-corrected chi connectivity index (χ4v) is 1.21. The largest absolute Gasteiger partial charge is 0.120 e. The van der Waals surface area contributed by atoms with Gasteiger partial charge in [0, 0.05) is 12.8 Å². The van der Waals surface area contributed by atoms with Crippen LogP contribution in [0.1, 0.15) is 51.4 Å². The molecule has 0 radical (unpaired) electrons. The Bertz CT molecular complexity index is 185. The maximum atomic E-state index is 5.15. The maximum absolute atomic E-state index is 5.15. The number of unbranched alkanes of at least 4 members (excludes halogenated alkanes) is 6. The van der Waals surface area contributed by atoms with Gasteiger partial charge >= 0.3 is 0 Å². The molecule has 0 rings (SSSR count). The Morgan fingerprint density at radius 3 is 1.50 bits per heavy atom. The third kappa shape index (κ3) is 10.9. The highest BCUT2D eigenvalue weighted by Gasteiger charge is 1.84. The predicted molar refractivity (Wildman–Crippen MR) is 63.7 cm³/mol. The summed E-state index contributed by atoms with van der Waals surface area (Å²) in [4.78, 5) is 0. The van der Waals surface area contributed by atoms with Gasteiger partial charge in [-0.1, -0.05) is 12.2 Å². The first kappa shape index (κ1) is 12.9. The van der Waals surface area contributed by atoms with Gasteiger partial charge in [0.05, 0.1) is 0 Å². The Balaban J connectivity index is 3.05. The van der Waals surface area contributed by atoms with Crippen LogP contribution in [0.4, 0.5) is 0 Å². The molecule has 0 aromatic rings. The normalized spacial score (nSPS) is 9.86. The van der Waals surface area contributed by atoms with Crippen molar-refractivity contribution in [1.82, 2.24) is 0 Å². The van der Waals surface area contributed by atoms with Crippen LogP contribution in [0.25, 0.3) is 0 Å². The molecule has 0 heteroatoms. The highest BCUT2D eigenvalue weighted by atomic mass is 13.9. The fraction of sp³-hybridized carbons (Fsp3) is 0.571. The van der Waals surface area contributed by atoms with Gasteiger partial charge in [0.2, 0.25) is 0 Å². The van der Waals surface area contributed by atoms with E-state index >= 15 is 0 Å². The lowest BCUT2D eigenvalue weighted by atomic mass is 10.1. The summed E-state index contributed by atoms with van der Waals surface area (Å²) in [6, 6.07) is 0. The molecule has 0 bridgehead atoms. The smallest absolute Gasteiger partial charge is 0.00861 e. The van der Waals surface area contributed by atoms with E-state index in [1.807, 2.05) is 0 Å². The summed E-state index contributed by atoms with van der Waals surface area (Å²) < 4.78 is 0. The van der Waals surface area contributed by atoms with E-state index in [0.717, 1.165) is 38.5 Å². The van der Waals surface area contributed by atoms with Gasteiger partial charge in [0.15, 0.2) is 0 Å². The lowest BCUT2D eigenvalue weighted by molar-refractivity contribution is 0.754. The van der Waals surface area contributed by atoms with Gasteiger partial charge in [-0.2, -0.15) is 0 Å². The molecule has 0 fully saturated rings. The molecule has 0 amide bonds. The third-order valence-corrected chi connectivity index (χ3v) is 2.05. The van der Waals surface area contributed by atoms with Gasteiger partial charge in [-0.3, -0.25) is 0 Å². The Hall–Kier alpha value is -1.14. The van der Waals surface area contributed by atoms with Crippen molar-refractivity contribution in [3.8, 4) is 24.7 Å². The van der Waals surface area contributed by atoms with Crippen LogP contribution in [0, 0.1) is 24.7 Å². The maximum Gasteiger partial charge on any atom is 0.00861 e. The van der Waals surface area contributed by atoms with Crippen LogP contribution in [0.5, 0.6) is 0 Å². The molecule has 0 unspecified atom stereocenters. The molecule has 0 N–H and O–H groups in total. The zero-order chi connectivity index (χ0) is 10.5. The first-order valence-electron chi connectivity index (χ1n) is 5.43. The Labute approximate surface area is 88.8 Å². The van der Waals surface area contributed by atoms with Crippen LogP contribution in [-0.2, 0) is 0 Å². The van der Waals surface area contributed by atoms with E-state index in [1.165, 1.54) is 12.8 Å². The van der Waals surface area contributed by atoms with Crippen molar-refractivity contribution in [2.45, 2.75) is 51.4 Å². The second-order valence-corrected chi connectivity index (χ2v) is 3.37. The summed E-state index contributed by atoms with van der Waals surface area (Å²) in [5, 5.41) is 0. The standard InChI is InChI=1S/C14H20/c1-3-5-7-9-11-13-14-12-10-8-6-4-2/h1-2,13-14H,5-12H2/b14-13-. The van der Waals surface area contributed by atoms with E-state index in [-0.39, 0.29) is 0 Å². The molecular formula is C14H20. The van der Waals surface area contributed by atoms with Crippen molar-refractivity contribution in [2.75, 3.05) is 0 Å². The molecule has 0 aliphatic rings. The number of rotatable bonds is 8. The molecule has 0 saturated heterocycles. The third-order valence-electron chi connectivity index (χ3n) is 2.05. The van der Waals surface area contributed by atoms with Crippen molar-refractivity contribution in [2.24, 2.45) is 0 Å². The van der Waals surface area contributed by atoms with Crippen LogP contribution >= 0.6 is 0 Å². The van der Waals surface area contributed by atoms with Crippen LogP contribution in [0.3, 0.4) is 0 Å². The summed E-state index contributed by atoms with van der Waals surface area (Å²) in [7, 11) is 0. The Morgan fingerprint density at radius 2 is 1.14 bits per heavy atom. The second kappa shape index (κ2) is 11.9. The van der Waals surface area contributed by atoms with Gasteiger partial charge in [-0.15, -0.1) is 24.7 Å². The van der Waals surface area contributed by atoms with Gasteiger partial charge in [0.1, 0.15) is 0 Å². The topological polar surface area (TPSA) is 0 Å². The molecule has 0 aliphatic carbocycles. The van der Waals surface area contributed by atoms with Gasteiger partial charge in [-0.05, 0) is 38.5 Å². The quantitative estimate of drug-likeness (QED) is 0.307. The van der Waals surface area contributed by atoms with Gasteiger partial charge in [0.25, 0.3) is 0 Å². The minimum Gasteiger partial charge on any atom is -0.120 e. The minimum atomic E-state index is 0.913. The molecule has 0 nitrogen and oxygen atoms in total. The van der Waals surface area contributed by atoms with Crippen molar-refractivity contribution in [3.05, 3.63) is 12.2 Å². The summed E-state index contributed by atoms with van der Waals surface area (Å²) in [5.74, 6) is 5.30. The lowest BCUT2D eigenvalue weighted by Crippen LogP contribution is -1.74. The molecule has 0 aromatic heterocycles. The van der Waals surface area contributed by atoms with Crippen molar-refractivity contribution < 1.29 is 0 Å². The molecule has 0 heterocycles. The first-order chi connectivity index (χ1) is 6.91. The Morgan fingerprint density at radius 1 is 0.714 bits per heavy atom. The number of hydrogen-bond donors (Lipinski definition) is 0. The van der Waals surface area contributed by atoms with Gasteiger partial charge in [-0.25, -0.2) is 0 Å². The van der Waals surface area contributed by atoms with Crippen LogP contribution in [0.2, 0.25) is 0 Å². The highest BCUT2D eigenvalue weighted by Crippen LogP contribution is 2.03. The monoisotopic (exact) mass is 188 g/mol. The number of terminal acetylenes is 2. The SMILES string of the molecule is C#CCCCC/C=C\CCCCC#C. The zero-order valence-electron chi connectivity index (χ0n) is 8.97. The van der Waals surface area contributed by atoms with E-state index in [0.29, 0.717) is 0 Å². The summed E-state index contributed by atoms with van der Waals surface area (Å²) in [6.07, 6.45) is 23.7. The average Bonchev–Trinajstić information content (AvgIpc) is 2.21. The van der Waals surface area contributed by atoms with E-state index in [1.54, 1.807) is 0 Å². The van der Waals surface area contributed by atoms with Crippen molar-refractivity contribution in [1.29, 1.82) is 0 Å². The molecule has 0 spiro atoms. The first-order valence-corrected chi connectivity index (χ1v) is 5.43. The molecule has 0 atom stereocenters. The molecule has 0 saturated carbocycles. The van der Waals surface area contributed by atoms with Gasteiger partial charge < -0.3 is 0 Å². The zero-order valence-corrected chi connectivity index (χ0v) is 8.97. The van der Waals surface area contributed by atoms with E-state index in [9.17, 15) is 0 Å². The summed E-state index contributed by atoms with van der Waals surface area (Å²) in [6.45, 7) is 0. The number of hydrogen-bond acceptors (Lipinski definition) is 0. The second-order valence-electron chi connectivity index (χ2n) is 3.37. The summed E-state index contributed by atoms with van der Waals surface area (Å²) in [5.41, 5.74) is 0. The van der Waals surface area contributed by atoms with E-state index < -0.39 is 0 Å². The van der Waals surface area contributed by atoms with Crippen LogP contribution in [-0.4, -0.2) is 0 Å². The van der Waals surface area contributed by atoms with Crippen LogP contribution < -0.4 is 0 Å². The molecule has 0 aromatic carbocycles. The molecule has 14 heavy (non-hydrogen) atoms. The minimum absolute atomic E-state index is 0.913. The lowest BCUT2D eigenvalue weighted by Gasteiger charge is -1.93. The van der Waals surface area contributed by atoms with Crippen molar-refractivity contribution in [3.63, 3.8) is 0 Å². The van der Waals surface area contributed by atoms with E-state index in [2.05, 4.69) is 24.0 Å². The van der Waals surface area contributed by atoms with Crippen LogP contribution in [0.15, 0.2) is 12.2 Å². The van der Waals surface area contributed by atoms with E-state index in [4.69, 9.17) is 12.8 Å². The molecule has 76 valence electrons.